The Bertz CT molecular complexity index is 1030. The molecule has 0 saturated carbocycles. The van der Waals surface area contributed by atoms with Crippen LogP contribution in [0.4, 0.5) is 0 Å². The first-order valence-electron chi connectivity index (χ1n) is 9.32. The highest BCUT2D eigenvalue weighted by Gasteiger charge is 2.22. The minimum Gasteiger partial charge on any atom is -0.354 e. The van der Waals surface area contributed by atoms with Crippen molar-refractivity contribution in [1.82, 2.24) is 20.1 Å². The molecule has 1 heterocycles. The first kappa shape index (κ1) is 20.0. The monoisotopic (exact) mass is 394 g/mol. The Kier molecular flexibility index (Phi) is 5.79. The number of nitrogens with zero attached hydrogens (tertiary/aromatic N) is 2. The van der Waals surface area contributed by atoms with E-state index in [0.29, 0.717) is 17.1 Å². The van der Waals surface area contributed by atoms with Crippen LogP contribution in [0, 0.1) is 18.6 Å². The standard InChI is InChI=1S/C22H26N4OS/c1-15-8-10-17(11-9-15)20-24-25-21(28)26(20)13-19(27)23-14-22(3,4)18-7-5-6-16(2)12-18/h5-12H,13-14H2,1-4H3,(H,23,27)(H,25,28). The second-order valence-electron chi connectivity index (χ2n) is 7.83. The van der Waals surface area contributed by atoms with Gasteiger partial charge in [0, 0.05) is 17.5 Å². The van der Waals surface area contributed by atoms with Crippen LogP contribution in [0.15, 0.2) is 48.5 Å². The number of aromatic nitrogens is 3. The van der Waals surface area contributed by atoms with Gasteiger partial charge in [-0.3, -0.25) is 14.5 Å². The van der Waals surface area contributed by atoms with Gasteiger partial charge in [0.15, 0.2) is 10.6 Å². The van der Waals surface area contributed by atoms with Crippen LogP contribution in [0.25, 0.3) is 11.4 Å². The van der Waals surface area contributed by atoms with E-state index in [4.69, 9.17) is 12.2 Å². The number of hydrogen-bond acceptors (Lipinski definition) is 3. The lowest BCUT2D eigenvalue weighted by Gasteiger charge is -2.26. The molecule has 0 saturated heterocycles. The highest BCUT2D eigenvalue weighted by Crippen LogP contribution is 2.23. The summed E-state index contributed by atoms with van der Waals surface area (Å²) in [6.45, 7) is 9.03. The van der Waals surface area contributed by atoms with E-state index < -0.39 is 0 Å². The van der Waals surface area contributed by atoms with E-state index in [1.807, 2.05) is 37.3 Å². The van der Waals surface area contributed by atoms with Crippen molar-refractivity contribution in [3.05, 3.63) is 70.0 Å². The lowest BCUT2D eigenvalue weighted by molar-refractivity contribution is -0.121. The molecule has 146 valence electrons. The highest BCUT2D eigenvalue weighted by atomic mass is 32.1. The van der Waals surface area contributed by atoms with Crippen LogP contribution in [0.2, 0.25) is 0 Å². The molecular weight excluding hydrogens is 368 g/mol. The van der Waals surface area contributed by atoms with Crippen molar-refractivity contribution >= 4 is 18.1 Å². The molecule has 1 aromatic heterocycles. The molecule has 0 atom stereocenters. The Morgan fingerprint density at radius 1 is 1.14 bits per heavy atom. The van der Waals surface area contributed by atoms with Gasteiger partial charge in [-0.15, -0.1) is 0 Å². The molecule has 1 amide bonds. The van der Waals surface area contributed by atoms with Crippen LogP contribution in [0.5, 0.6) is 0 Å². The zero-order valence-corrected chi connectivity index (χ0v) is 17.6. The second-order valence-corrected chi connectivity index (χ2v) is 8.22. The fourth-order valence-corrected chi connectivity index (χ4v) is 3.27. The number of nitrogens with one attached hydrogen (secondary N) is 2. The number of carbonyl (C=O) groups is 1. The minimum atomic E-state index is -0.167. The molecule has 0 spiro atoms. The topological polar surface area (TPSA) is 62.7 Å². The van der Waals surface area contributed by atoms with Gasteiger partial charge < -0.3 is 5.32 Å². The third kappa shape index (κ3) is 4.57. The Labute approximate surface area is 170 Å². The van der Waals surface area contributed by atoms with Gasteiger partial charge in [-0.1, -0.05) is 73.5 Å². The fourth-order valence-electron chi connectivity index (χ4n) is 3.07. The van der Waals surface area contributed by atoms with Gasteiger partial charge >= 0.3 is 0 Å². The van der Waals surface area contributed by atoms with Crippen molar-refractivity contribution in [2.24, 2.45) is 0 Å². The van der Waals surface area contributed by atoms with Crippen LogP contribution < -0.4 is 5.32 Å². The molecule has 0 fully saturated rings. The van der Waals surface area contributed by atoms with Crippen molar-refractivity contribution in [2.45, 2.75) is 39.7 Å². The average Bonchev–Trinajstić information content (AvgIpc) is 3.01. The normalized spacial score (nSPS) is 11.4. The van der Waals surface area contributed by atoms with E-state index in [1.165, 1.54) is 16.7 Å². The van der Waals surface area contributed by atoms with Gasteiger partial charge in [-0.05, 0) is 31.6 Å². The smallest absolute Gasteiger partial charge is 0.240 e. The fraction of sp³-hybridized carbons (Fsp3) is 0.318. The summed E-state index contributed by atoms with van der Waals surface area (Å²) in [6, 6.07) is 16.4. The molecule has 6 heteroatoms. The Hall–Kier alpha value is -2.73. The molecule has 0 unspecified atom stereocenters. The van der Waals surface area contributed by atoms with Crippen LogP contribution >= 0.6 is 12.2 Å². The maximum atomic E-state index is 12.6. The third-order valence-corrected chi connectivity index (χ3v) is 5.21. The van der Waals surface area contributed by atoms with E-state index >= 15 is 0 Å². The largest absolute Gasteiger partial charge is 0.354 e. The third-order valence-electron chi connectivity index (χ3n) is 4.90. The van der Waals surface area contributed by atoms with Gasteiger partial charge in [-0.2, -0.15) is 5.10 Å². The minimum absolute atomic E-state index is 0.0911. The number of rotatable bonds is 6. The molecule has 2 aromatic carbocycles. The predicted octanol–water partition coefficient (Wildman–Crippen LogP) is 4.32. The van der Waals surface area contributed by atoms with Crippen LogP contribution in [0.3, 0.4) is 0 Å². The predicted molar refractivity (Wildman–Crippen MR) is 115 cm³/mol. The van der Waals surface area contributed by atoms with Crippen molar-refractivity contribution < 1.29 is 4.79 Å². The lowest BCUT2D eigenvalue weighted by Crippen LogP contribution is -2.38. The van der Waals surface area contributed by atoms with Crippen molar-refractivity contribution in [2.75, 3.05) is 6.54 Å². The summed E-state index contributed by atoms with van der Waals surface area (Å²) in [6.07, 6.45) is 0. The Morgan fingerprint density at radius 3 is 2.54 bits per heavy atom. The first-order valence-corrected chi connectivity index (χ1v) is 9.73. The van der Waals surface area contributed by atoms with Gasteiger partial charge in [0.1, 0.15) is 6.54 Å². The number of hydrogen-bond donors (Lipinski definition) is 2. The molecule has 28 heavy (non-hydrogen) atoms. The summed E-state index contributed by atoms with van der Waals surface area (Å²) >= 11 is 5.33. The molecule has 0 aliphatic carbocycles. The summed E-state index contributed by atoms with van der Waals surface area (Å²) in [4.78, 5) is 12.6. The van der Waals surface area contributed by atoms with Gasteiger partial charge in [0.05, 0.1) is 0 Å². The van der Waals surface area contributed by atoms with Crippen LogP contribution in [-0.4, -0.2) is 27.2 Å². The van der Waals surface area contributed by atoms with Gasteiger partial charge in [0.2, 0.25) is 5.91 Å². The number of benzene rings is 2. The molecule has 0 aliphatic rings. The van der Waals surface area contributed by atoms with E-state index in [1.54, 1.807) is 4.57 Å². The first-order chi connectivity index (χ1) is 13.3. The molecule has 0 radical (unpaired) electrons. The number of amides is 1. The summed E-state index contributed by atoms with van der Waals surface area (Å²) in [5.41, 5.74) is 4.34. The Balaban J connectivity index is 1.71. The zero-order chi connectivity index (χ0) is 20.3. The molecular formula is C22H26N4OS. The van der Waals surface area contributed by atoms with Crippen molar-refractivity contribution in [3.8, 4) is 11.4 Å². The quantitative estimate of drug-likeness (QED) is 0.612. The Morgan fingerprint density at radius 2 is 1.86 bits per heavy atom. The van der Waals surface area contributed by atoms with Crippen LogP contribution in [-0.2, 0) is 16.8 Å². The molecule has 5 nitrogen and oxygen atoms in total. The highest BCUT2D eigenvalue weighted by molar-refractivity contribution is 7.71. The maximum Gasteiger partial charge on any atom is 0.240 e. The molecule has 3 aromatic rings. The van der Waals surface area contributed by atoms with E-state index in [-0.39, 0.29) is 17.9 Å². The molecule has 2 N–H and O–H groups in total. The average molecular weight is 395 g/mol. The SMILES string of the molecule is Cc1ccc(-c2n[nH]c(=S)n2CC(=O)NCC(C)(C)c2cccc(C)c2)cc1. The zero-order valence-electron chi connectivity index (χ0n) is 16.7. The van der Waals surface area contributed by atoms with Crippen molar-refractivity contribution in [1.29, 1.82) is 0 Å². The number of aromatic amines is 1. The van der Waals surface area contributed by atoms with E-state index in [9.17, 15) is 4.79 Å². The lowest BCUT2D eigenvalue weighted by atomic mass is 9.84. The number of carbonyl (C=O) groups excluding carboxylic acids is 1. The summed E-state index contributed by atoms with van der Waals surface area (Å²) in [5, 5.41) is 10.1. The van der Waals surface area contributed by atoms with Crippen LogP contribution in [0.1, 0.15) is 30.5 Å². The van der Waals surface area contributed by atoms with E-state index in [0.717, 1.165) is 5.56 Å². The summed E-state index contributed by atoms with van der Waals surface area (Å²) in [7, 11) is 0. The molecule has 3 rings (SSSR count). The number of H-pyrrole nitrogens is 1. The maximum absolute atomic E-state index is 12.6. The van der Waals surface area contributed by atoms with Crippen molar-refractivity contribution in [3.63, 3.8) is 0 Å². The van der Waals surface area contributed by atoms with E-state index in [2.05, 4.69) is 54.5 Å². The second kappa shape index (κ2) is 8.10. The number of aryl methyl sites for hydroxylation is 2. The molecule has 0 bridgehead atoms. The summed E-state index contributed by atoms with van der Waals surface area (Å²) in [5.74, 6) is 0.574. The van der Waals surface area contributed by atoms with Gasteiger partial charge in [-0.25, -0.2) is 0 Å². The molecule has 0 aliphatic heterocycles. The summed E-state index contributed by atoms with van der Waals surface area (Å²) < 4.78 is 2.17. The van der Waals surface area contributed by atoms with Gasteiger partial charge in [0.25, 0.3) is 0 Å².